The molecule has 0 saturated carbocycles. The molecule has 0 aliphatic carbocycles. The van der Waals surface area contributed by atoms with Crippen molar-refractivity contribution < 1.29 is 9.53 Å². The maximum Gasteiger partial charge on any atom is 0.341 e. The van der Waals surface area contributed by atoms with Gasteiger partial charge in [-0.05, 0) is 37.6 Å². The van der Waals surface area contributed by atoms with Gasteiger partial charge in [0.1, 0.15) is 11.4 Å². The van der Waals surface area contributed by atoms with Gasteiger partial charge < -0.3 is 10.1 Å². The highest BCUT2D eigenvalue weighted by Gasteiger charge is 2.13. The minimum absolute atomic E-state index is 0.344. The summed E-state index contributed by atoms with van der Waals surface area (Å²) >= 11 is 1.77. The van der Waals surface area contributed by atoms with Crippen molar-refractivity contribution in [2.75, 3.05) is 11.9 Å². The highest BCUT2D eigenvalue weighted by molar-refractivity contribution is 7.12. The van der Waals surface area contributed by atoms with Gasteiger partial charge >= 0.3 is 5.97 Å². The first-order valence-corrected chi connectivity index (χ1v) is 7.49. The number of nitrogens with zero attached hydrogens (tertiary/aromatic N) is 1. The first-order valence-electron chi connectivity index (χ1n) is 6.68. The molecule has 0 spiro atoms. The van der Waals surface area contributed by atoms with Crippen molar-refractivity contribution in [3.05, 3.63) is 45.8 Å². The minimum atomic E-state index is -0.344. The maximum atomic E-state index is 11.8. The Balaban J connectivity index is 2.07. The number of nitrogens with one attached hydrogen (secondary N) is 1. The van der Waals surface area contributed by atoms with Crippen molar-refractivity contribution in [2.45, 2.75) is 26.8 Å². The quantitative estimate of drug-likeness (QED) is 0.827. The summed E-state index contributed by atoms with van der Waals surface area (Å²) in [5.74, 6) is 0.223. The number of hydrogen-bond donors (Lipinski definition) is 1. The lowest BCUT2D eigenvalue weighted by Crippen LogP contribution is -2.10. The summed E-state index contributed by atoms with van der Waals surface area (Å²) in [6, 6.07) is 7.69. The van der Waals surface area contributed by atoms with Gasteiger partial charge in [0, 0.05) is 16.0 Å². The van der Waals surface area contributed by atoms with Crippen LogP contribution in [0.25, 0.3) is 0 Å². The summed E-state index contributed by atoms with van der Waals surface area (Å²) < 4.78 is 5.03. The molecule has 2 rings (SSSR count). The Kier molecular flexibility index (Phi) is 5.12. The fourth-order valence-electron chi connectivity index (χ4n) is 1.80. The van der Waals surface area contributed by atoms with E-state index in [9.17, 15) is 4.79 Å². The van der Waals surface area contributed by atoms with Crippen molar-refractivity contribution >= 4 is 23.1 Å². The number of anilines is 1. The van der Waals surface area contributed by atoms with Gasteiger partial charge in [0.25, 0.3) is 0 Å². The molecule has 0 saturated heterocycles. The van der Waals surface area contributed by atoms with E-state index in [0.717, 1.165) is 6.42 Å². The number of hydrogen-bond acceptors (Lipinski definition) is 5. The predicted molar refractivity (Wildman–Crippen MR) is 81.2 cm³/mol. The monoisotopic (exact) mass is 290 g/mol. The van der Waals surface area contributed by atoms with Crippen molar-refractivity contribution in [1.29, 1.82) is 0 Å². The zero-order valence-corrected chi connectivity index (χ0v) is 12.5. The lowest BCUT2D eigenvalue weighted by atomic mass is 10.2. The maximum absolute atomic E-state index is 11.8. The number of aromatic nitrogens is 1. The average molecular weight is 290 g/mol. The van der Waals surface area contributed by atoms with E-state index >= 15 is 0 Å². The van der Waals surface area contributed by atoms with Crippen molar-refractivity contribution in [1.82, 2.24) is 4.98 Å². The van der Waals surface area contributed by atoms with Crippen LogP contribution in [0, 0.1) is 0 Å². The van der Waals surface area contributed by atoms with Crippen LogP contribution in [0.4, 0.5) is 5.82 Å². The molecule has 5 heteroatoms. The Hall–Kier alpha value is -1.88. The van der Waals surface area contributed by atoms with E-state index in [1.165, 1.54) is 9.75 Å². The third-order valence-corrected chi connectivity index (χ3v) is 4.03. The van der Waals surface area contributed by atoms with Crippen LogP contribution in [0.3, 0.4) is 0 Å². The number of thiophene rings is 1. The molecule has 20 heavy (non-hydrogen) atoms. The van der Waals surface area contributed by atoms with Crippen molar-refractivity contribution in [3.63, 3.8) is 0 Å². The minimum Gasteiger partial charge on any atom is -0.462 e. The van der Waals surface area contributed by atoms with Crippen molar-refractivity contribution in [2.24, 2.45) is 0 Å². The number of rotatable bonds is 6. The van der Waals surface area contributed by atoms with Crippen LogP contribution < -0.4 is 5.32 Å². The van der Waals surface area contributed by atoms with Gasteiger partial charge in [-0.3, -0.25) is 0 Å². The zero-order chi connectivity index (χ0) is 14.4. The highest BCUT2D eigenvalue weighted by Crippen LogP contribution is 2.19. The fourth-order valence-corrected chi connectivity index (χ4v) is 2.70. The molecular formula is C15H18N2O2S. The SMILES string of the molecule is CCOC(=O)c1cccnc1NCc1ccc(CC)s1. The number of carbonyl (C=O) groups excluding carboxylic acids is 1. The van der Waals surface area contributed by atoms with Gasteiger partial charge in [0.15, 0.2) is 0 Å². The van der Waals surface area contributed by atoms with Gasteiger partial charge in [-0.25, -0.2) is 9.78 Å². The molecule has 1 N–H and O–H groups in total. The number of aryl methyl sites for hydroxylation is 1. The molecule has 0 aliphatic rings. The third-order valence-electron chi connectivity index (χ3n) is 2.80. The molecule has 4 nitrogen and oxygen atoms in total. The van der Waals surface area contributed by atoms with E-state index in [1.54, 1.807) is 36.6 Å². The first-order chi connectivity index (χ1) is 9.74. The molecule has 0 radical (unpaired) electrons. The number of pyridine rings is 1. The summed E-state index contributed by atoms with van der Waals surface area (Å²) in [5.41, 5.74) is 0.474. The smallest absolute Gasteiger partial charge is 0.341 e. The van der Waals surface area contributed by atoms with E-state index in [0.29, 0.717) is 24.5 Å². The van der Waals surface area contributed by atoms with E-state index in [2.05, 4.69) is 29.4 Å². The summed E-state index contributed by atoms with van der Waals surface area (Å²) in [6.07, 6.45) is 2.71. The molecule has 0 fully saturated rings. The average Bonchev–Trinajstić information content (AvgIpc) is 2.93. The second-order valence-corrected chi connectivity index (χ2v) is 5.45. The molecule has 0 aliphatic heterocycles. The summed E-state index contributed by atoms with van der Waals surface area (Å²) in [4.78, 5) is 18.6. The van der Waals surface area contributed by atoms with Crippen LogP contribution in [0.15, 0.2) is 30.5 Å². The molecule has 0 aromatic carbocycles. The van der Waals surface area contributed by atoms with E-state index < -0.39 is 0 Å². The Morgan fingerprint density at radius 3 is 2.80 bits per heavy atom. The van der Waals surface area contributed by atoms with Gasteiger partial charge in [-0.1, -0.05) is 6.92 Å². The second kappa shape index (κ2) is 7.05. The second-order valence-electron chi connectivity index (χ2n) is 4.20. The summed E-state index contributed by atoms with van der Waals surface area (Å²) in [7, 11) is 0. The molecule has 0 atom stereocenters. The van der Waals surface area contributed by atoms with Crippen molar-refractivity contribution in [3.8, 4) is 0 Å². The normalized spacial score (nSPS) is 10.3. The Morgan fingerprint density at radius 1 is 1.30 bits per heavy atom. The molecule has 0 unspecified atom stereocenters. The molecule has 0 bridgehead atoms. The van der Waals surface area contributed by atoms with Crippen LogP contribution in [0.5, 0.6) is 0 Å². The molecular weight excluding hydrogens is 272 g/mol. The lowest BCUT2D eigenvalue weighted by molar-refractivity contribution is 0.0527. The highest BCUT2D eigenvalue weighted by atomic mass is 32.1. The van der Waals surface area contributed by atoms with Crippen LogP contribution in [-0.2, 0) is 17.7 Å². The zero-order valence-electron chi connectivity index (χ0n) is 11.7. The van der Waals surface area contributed by atoms with Crippen LogP contribution in [0.1, 0.15) is 34.0 Å². The van der Waals surface area contributed by atoms with Crippen LogP contribution >= 0.6 is 11.3 Å². The van der Waals surface area contributed by atoms with Gasteiger partial charge in [0.2, 0.25) is 0 Å². The summed E-state index contributed by atoms with van der Waals surface area (Å²) in [5, 5.41) is 3.20. The third kappa shape index (κ3) is 3.57. The molecule has 2 aromatic heterocycles. The first kappa shape index (κ1) is 14.5. The Morgan fingerprint density at radius 2 is 2.10 bits per heavy atom. The van der Waals surface area contributed by atoms with E-state index in [-0.39, 0.29) is 5.97 Å². The fraction of sp³-hybridized carbons (Fsp3) is 0.333. The Bertz CT molecular complexity index is 581. The van der Waals surface area contributed by atoms with E-state index in [4.69, 9.17) is 4.74 Å². The topological polar surface area (TPSA) is 51.2 Å². The predicted octanol–water partition coefficient (Wildman–Crippen LogP) is 3.49. The molecule has 2 aromatic rings. The van der Waals surface area contributed by atoms with E-state index in [1.807, 2.05) is 0 Å². The number of esters is 1. The molecule has 0 amide bonds. The summed E-state index contributed by atoms with van der Waals surface area (Å²) in [6.45, 7) is 4.95. The Labute approximate surface area is 122 Å². The molecule has 2 heterocycles. The number of ether oxygens (including phenoxy) is 1. The van der Waals surface area contributed by atoms with Gasteiger partial charge in [-0.2, -0.15) is 0 Å². The largest absolute Gasteiger partial charge is 0.462 e. The standard InChI is InChI=1S/C15H18N2O2S/c1-3-11-7-8-12(20-11)10-17-14-13(6-5-9-16-14)15(18)19-4-2/h5-9H,3-4,10H2,1-2H3,(H,16,17). The van der Waals surface area contributed by atoms with Gasteiger partial charge in [0.05, 0.1) is 13.2 Å². The lowest BCUT2D eigenvalue weighted by Gasteiger charge is -2.09. The van der Waals surface area contributed by atoms with Crippen LogP contribution in [-0.4, -0.2) is 17.6 Å². The van der Waals surface area contributed by atoms with Gasteiger partial charge in [-0.15, -0.1) is 11.3 Å². The number of carbonyl (C=O) groups is 1. The van der Waals surface area contributed by atoms with Crippen LogP contribution in [0.2, 0.25) is 0 Å². The molecule has 106 valence electrons.